The number of thioether (sulfide) groups is 1. The summed E-state index contributed by atoms with van der Waals surface area (Å²) < 4.78 is 5.48. The fraction of sp³-hybridized carbons (Fsp3) is 0.552. The van der Waals surface area contributed by atoms with Crippen LogP contribution in [0.2, 0.25) is 0 Å². The van der Waals surface area contributed by atoms with Gasteiger partial charge in [-0.05, 0) is 57.4 Å². The van der Waals surface area contributed by atoms with Crippen molar-refractivity contribution in [2.75, 3.05) is 44.5 Å². The Kier molecular flexibility index (Phi) is 15.6. The summed E-state index contributed by atoms with van der Waals surface area (Å²) >= 11 is 3.19. The molecule has 3 heterocycles. The number of aliphatic hydroxyl groups is 1. The average Bonchev–Trinajstić information content (AvgIpc) is 3.30. The van der Waals surface area contributed by atoms with Crippen LogP contribution in [0.1, 0.15) is 65.5 Å². The predicted molar refractivity (Wildman–Crippen MR) is 170 cm³/mol. The molecule has 0 aromatic carbocycles. The summed E-state index contributed by atoms with van der Waals surface area (Å²) in [6.45, 7) is 14.4. The molecule has 0 spiro atoms. The molecule has 2 N–H and O–H groups in total. The smallest absolute Gasteiger partial charge is 0.255 e. The van der Waals surface area contributed by atoms with E-state index >= 15 is 0 Å². The summed E-state index contributed by atoms with van der Waals surface area (Å²) in [6, 6.07) is 3.69. The maximum Gasteiger partial charge on any atom is 0.255 e. The zero-order valence-corrected chi connectivity index (χ0v) is 26.5. The number of carbonyl (C=O) groups is 2. The molecule has 2 aromatic rings. The Labute approximate surface area is 252 Å². The number of rotatable bonds is 16. The number of aliphatic hydroxyl groups excluding tert-OH is 1. The number of aromatic nitrogens is 2. The fourth-order valence-corrected chi connectivity index (χ4v) is 5.64. The van der Waals surface area contributed by atoms with Gasteiger partial charge in [0, 0.05) is 39.5 Å². The largest absolute Gasteiger partial charge is 0.389 e. The highest BCUT2D eigenvalue weighted by Crippen LogP contribution is 2.28. The molecule has 0 bridgehead atoms. The van der Waals surface area contributed by atoms with Crippen LogP contribution in [0.3, 0.4) is 0 Å². The predicted octanol–water partition coefficient (Wildman–Crippen LogP) is 4.83. The number of hydrogen-bond donors (Lipinski definition) is 2. The molecule has 1 aliphatic rings. The summed E-state index contributed by atoms with van der Waals surface area (Å²) in [5, 5.41) is 14.8. The molecular formula is C29H44N6O4S2. The van der Waals surface area contributed by atoms with Gasteiger partial charge in [0.15, 0.2) is 0 Å². The van der Waals surface area contributed by atoms with Crippen LogP contribution in [0.25, 0.3) is 5.70 Å². The lowest BCUT2D eigenvalue weighted by Crippen LogP contribution is -2.49. The highest BCUT2D eigenvalue weighted by molar-refractivity contribution is 8.02. The Morgan fingerprint density at radius 1 is 1.37 bits per heavy atom. The van der Waals surface area contributed by atoms with E-state index in [4.69, 9.17) is 9.84 Å². The summed E-state index contributed by atoms with van der Waals surface area (Å²) in [5.41, 5.74) is 2.40. The summed E-state index contributed by atoms with van der Waals surface area (Å²) in [4.78, 5) is 40.4. The monoisotopic (exact) mass is 604 g/mol. The first-order valence-electron chi connectivity index (χ1n) is 13.9. The minimum Gasteiger partial charge on any atom is -0.389 e. The second-order valence-electron chi connectivity index (χ2n) is 9.64. The van der Waals surface area contributed by atoms with Gasteiger partial charge in [-0.15, -0.1) is 23.1 Å². The zero-order valence-electron chi connectivity index (χ0n) is 24.8. The van der Waals surface area contributed by atoms with Gasteiger partial charge in [0.05, 0.1) is 44.9 Å². The van der Waals surface area contributed by atoms with Gasteiger partial charge in [0.25, 0.3) is 5.91 Å². The summed E-state index contributed by atoms with van der Waals surface area (Å²) in [6.07, 6.45) is 6.11. The number of unbranched alkanes of at least 4 members (excludes halogenated alkanes) is 1. The number of anilines is 1. The number of hydrogen-bond acceptors (Lipinski definition) is 10. The first kappa shape index (κ1) is 34.4. The number of likely N-dealkylation sites (tertiary alicyclic amines) is 1. The van der Waals surface area contributed by atoms with Crippen molar-refractivity contribution in [1.29, 1.82) is 0 Å². The molecular weight excluding hydrogens is 560 g/mol. The van der Waals surface area contributed by atoms with Crippen LogP contribution in [-0.2, 0) is 9.53 Å². The van der Waals surface area contributed by atoms with Crippen molar-refractivity contribution >= 4 is 53.6 Å². The third kappa shape index (κ3) is 11.5. The van der Waals surface area contributed by atoms with Crippen molar-refractivity contribution in [2.24, 2.45) is 4.99 Å². The SMILES string of the molecule is C=N/C(=C\SCNc1ccc(C(=O)N(CCCC)CC[C@@H](CC)OC)cn1)c1sc(C)nc1C.O=CN1CC(O)C1. The van der Waals surface area contributed by atoms with Gasteiger partial charge in [0.2, 0.25) is 6.41 Å². The standard InChI is InChI=1S/C25H37N5O2S2.C4H7NO2/c1-7-9-13-30(14-12-21(8-2)32-6)25(31)20-10-11-23(27-15-20)28-17-33-16-22(26-5)24-18(3)29-19(4)34-24;6-3-5-1-4(7)2-5/h10-11,15-16,21H,5,7-9,12-14,17H2,1-4,6H3,(H,27,28);3-4,7H,1-2H2/b22-16-;/t21-;/m1./s1. The van der Waals surface area contributed by atoms with E-state index in [0.29, 0.717) is 31.1 Å². The van der Waals surface area contributed by atoms with Crippen LogP contribution in [0, 0.1) is 13.8 Å². The molecule has 2 aromatic heterocycles. The van der Waals surface area contributed by atoms with E-state index in [-0.39, 0.29) is 18.1 Å². The molecule has 2 amide bonds. The summed E-state index contributed by atoms with van der Waals surface area (Å²) in [7, 11) is 1.73. The van der Waals surface area contributed by atoms with Crippen molar-refractivity contribution in [2.45, 2.75) is 65.6 Å². The third-order valence-electron chi connectivity index (χ3n) is 6.47. The van der Waals surface area contributed by atoms with Gasteiger partial charge >= 0.3 is 0 Å². The third-order valence-corrected chi connectivity index (χ3v) is 8.26. The average molecular weight is 605 g/mol. The Bertz CT molecular complexity index is 1120. The molecule has 0 aliphatic carbocycles. The lowest BCUT2D eigenvalue weighted by Gasteiger charge is -2.31. The second-order valence-corrected chi connectivity index (χ2v) is 11.7. The van der Waals surface area contributed by atoms with Crippen molar-refractivity contribution in [3.05, 3.63) is 44.9 Å². The minimum atomic E-state index is -0.259. The highest BCUT2D eigenvalue weighted by atomic mass is 32.2. The molecule has 1 fully saturated rings. The Morgan fingerprint density at radius 2 is 2.12 bits per heavy atom. The molecule has 226 valence electrons. The zero-order chi connectivity index (χ0) is 30.2. The van der Waals surface area contributed by atoms with E-state index in [1.165, 1.54) is 4.90 Å². The van der Waals surface area contributed by atoms with Gasteiger partial charge in [-0.25, -0.2) is 9.97 Å². The quantitative estimate of drug-likeness (QED) is 0.121. The molecule has 3 rings (SSSR count). The van der Waals surface area contributed by atoms with E-state index in [0.717, 1.165) is 65.7 Å². The van der Waals surface area contributed by atoms with Crippen LogP contribution >= 0.6 is 23.1 Å². The number of methoxy groups -OCH3 is 1. The number of thiazole rings is 1. The second kappa shape index (κ2) is 18.6. The maximum atomic E-state index is 13.1. The number of aryl methyl sites for hydroxylation is 2. The van der Waals surface area contributed by atoms with Crippen LogP contribution in [0.5, 0.6) is 0 Å². The van der Waals surface area contributed by atoms with E-state index in [9.17, 15) is 9.59 Å². The Morgan fingerprint density at radius 3 is 2.61 bits per heavy atom. The van der Waals surface area contributed by atoms with E-state index in [1.807, 2.05) is 36.3 Å². The van der Waals surface area contributed by atoms with Crippen molar-refractivity contribution < 1.29 is 19.4 Å². The first-order chi connectivity index (χ1) is 19.8. The Hall–Kier alpha value is -2.80. The molecule has 0 radical (unpaired) electrons. The fourth-order valence-electron chi connectivity index (χ4n) is 4.00. The molecule has 0 unspecified atom stereocenters. The van der Waals surface area contributed by atoms with Crippen LogP contribution in [0.15, 0.2) is 28.7 Å². The number of aliphatic imine (C=N–C) groups is 1. The van der Waals surface area contributed by atoms with Crippen molar-refractivity contribution in [3.8, 4) is 0 Å². The van der Waals surface area contributed by atoms with Gasteiger partial charge in [0.1, 0.15) is 5.82 Å². The number of ether oxygens (including phenoxy) is 1. The van der Waals surface area contributed by atoms with E-state index in [1.54, 1.807) is 36.4 Å². The molecule has 12 heteroatoms. The lowest BCUT2D eigenvalue weighted by atomic mass is 10.1. The highest BCUT2D eigenvalue weighted by Gasteiger charge is 2.21. The lowest BCUT2D eigenvalue weighted by molar-refractivity contribution is -0.127. The van der Waals surface area contributed by atoms with E-state index in [2.05, 4.69) is 40.8 Å². The Balaban J connectivity index is 0.000000729. The normalized spacial score (nSPS) is 14.0. The molecule has 10 nitrogen and oxygen atoms in total. The van der Waals surface area contributed by atoms with Crippen molar-refractivity contribution in [1.82, 2.24) is 19.8 Å². The molecule has 1 aliphatic heterocycles. The molecule has 1 saturated heterocycles. The number of amides is 2. The summed E-state index contributed by atoms with van der Waals surface area (Å²) in [5.74, 6) is 1.36. The number of nitrogens with one attached hydrogen (secondary N) is 1. The number of nitrogens with zero attached hydrogens (tertiary/aromatic N) is 5. The van der Waals surface area contributed by atoms with Gasteiger partial charge in [-0.2, -0.15) is 0 Å². The molecule has 41 heavy (non-hydrogen) atoms. The van der Waals surface area contributed by atoms with Crippen LogP contribution < -0.4 is 5.32 Å². The number of β-amino-alcohol motifs (C(OH)–C–C–N with tert-alkyl or cyclic N) is 1. The number of pyridine rings is 1. The first-order valence-corrected chi connectivity index (χ1v) is 15.7. The topological polar surface area (TPSA) is 120 Å². The van der Waals surface area contributed by atoms with E-state index < -0.39 is 0 Å². The minimum absolute atomic E-state index is 0.0210. The van der Waals surface area contributed by atoms with Gasteiger partial charge in [-0.1, -0.05) is 20.3 Å². The van der Waals surface area contributed by atoms with Crippen molar-refractivity contribution in [3.63, 3.8) is 0 Å². The molecule has 0 saturated carbocycles. The van der Waals surface area contributed by atoms with Crippen LogP contribution in [0.4, 0.5) is 5.82 Å². The maximum absolute atomic E-state index is 13.1. The van der Waals surface area contributed by atoms with Gasteiger partial charge in [-0.3, -0.25) is 14.6 Å². The van der Waals surface area contributed by atoms with Gasteiger partial charge < -0.3 is 25.0 Å². The number of carbonyl (C=O) groups excluding carboxylic acids is 2. The van der Waals surface area contributed by atoms with Crippen LogP contribution in [-0.4, -0.2) is 95.3 Å². The molecule has 1 atom stereocenters.